The van der Waals surface area contributed by atoms with Crippen LogP contribution in [0.3, 0.4) is 0 Å². The third kappa shape index (κ3) is 10.6. The average molecular weight is 371 g/mol. The predicted molar refractivity (Wildman–Crippen MR) is 192 cm³/mol. The zero-order valence-corrected chi connectivity index (χ0v) is 19.5. The Morgan fingerprint density at radius 1 is 0.353 bits per heavy atom. The van der Waals surface area contributed by atoms with Crippen molar-refractivity contribution in [3.8, 4) is 0 Å². The maximum atomic E-state index is 6.21. The molecule has 1 nitrogen and oxygen atoms in total. The van der Waals surface area contributed by atoms with Crippen molar-refractivity contribution in [2.24, 2.45) is 4.81 Å². The molecule has 34 heteroatoms. The molecule has 34 heavy (non-hydrogen) atoms. The van der Waals surface area contributed by atoms with Crippen LogP contribution in [0.4, 0.5) is 0 Å². The fraction of sp³-hybridized carbons (Fsp3) is 0. The zero-order chi connectivity index (χ0) is 27.1. The molecule has 0 unspecified atom stereocenters. The third-order valence-corrected chi connectivity index (χ3v) is 6.11. The molecule has 0 aliphatic rings. The Morgan fingerprint density at radius 3 is 0.882 bits per heavy atom. The minimum atomic E-state index is -1.07. The van der Waals surface area contributed by atoms with Gasteiger partial charge >= 0.3 is 239 Å². The average Bonchev–Trinajstić information content (AvgIpc) is 2.63. The number of hydrogen-bond acceptors (Lipinski definition) is 1. The van der Waals surface area contributed by atoms with Gasteiger partial charge in [-0.15, -0.1) is 0 Å². The summed E-state index contributed by atoms with van der Waals surface area (Å²) in [4.78, 5) is 4.62. The van der Waals surface area contributed by atoms with Gasteiger partial charge in [0.15, 0.2) is 0 Å². The number of nitrogens with zero attached hydrogens (tertiary/aromatic N) is 1. The van der Waals surface area contributed by atoms with Crippen LogP contribution < -0.4 is 0 Å². The first-order valence-corrected chi connectivity index (χ1v) is 10.8. The van der Waals surface area contributed by atoms with Gasteiger partial charge in [-0.3, -0.25) is 0 Å². The third-order valence-electron chi connectivity index (χ3n) is 6.11. The summed E-state index contributed by atoms with van der Waals surface area (Å²) in [6, 6.07) is 0. The van der Waals surface area contributed by atoms with Gasteiger partial charge in [-0.25, -0.2) is 0 Å². The van der Waals surface area contributed by atoms with Gasteiger partial charge in [-0.05, 0) is 0 Å². The topological polar surface area (TPSA) is 12.4 Å². The van der Waals surface area contributed by atoms with Crippen molar-refractivity contribution < 1.29 is 0 Å². The molecule has 0 saturated carbocycles. The Labute approximate surface area is 238 Å². The first-order valence-electron chi connectivity index (χ1n) is 10.8. The van der Waals surface area contributed by atoms with E-state index in [0.717, 1.165) is 0 Å². The zero-order valence-electron chi connectivity index (χ0n) is 19.5. The minimum absolute atomic E-state index is 0.814. The summed E-state index contributed by atoms with van der Waals surface area (Å²) in [5.74, 6) is 0. The van der Waals surface area contributed by atoms with E-state index in [2.05, 4.69) is 4.81 Å². The summed E-state index contributed by atoms with van der Waals surface area (Å²) in [6.45, 7) is 0.431. The molecule has 104 valence electrons. The van der Waals surface area contributed by atoms with E-state index >= 15 is 0 Å². The van der Waals surface area contributed by atoms with Crippen LogP contribution in [0.5, 0.6) is 0 Å². The molecule has 0 fully saturated rings. The van der Waals surface area contributed by atoms with E-state index in [-0.39, 0.29) is 0 Å². The molecular weight excluding hydrogens is 371 g/mol. The van der Waals surface area contributed by atoms with Crippen molar-refractivity contribution in [2.75, 3.05) is 0 Å². The van der Waals surface area contributed by atoms with Crippen molar-refractivity contribution in [2.45, 2.75) is 0 Å². The summed E-state index contributed by atoms with van der Waals surface area (Å²) in [6.07, 6.45) is -13.5. The molecule has 0 heterocycles. The molecule has 0 amide bonds. The number of rotatable bonds is 15. The van der Waals surface area contributed by atoms with E-state index in [9.17, 15) is 0 Å². The fourth-order valence-corrected chi connectivity index (χ4v) is 4.33. The van der Waals surface area contributed by atoms with Gasteiger partial charge in [-0.1, -0.05) is 0 Å². The summed E-state index contributed by atoms with van der Waals surface area (Å²) >= 11 is 0. The van der Waals surface area contributed by atoms with Gasteiger partial charge in [0.2, 0.25) is 0 Å². The Balaban J connectivity index is 6.90. The molecule has 0 N–H and O–H groups in total. The van der Waals surface area contributed by atoms with E-state index in [0.29, 0.717) is 0 Å². The van der Waals surface area contributed by atoms with Gasteiger partial charge < -0.3 is 0 Å². The summed E-state index contributed by atoms with van der Waals surface area (Å²) in [7, 11) is 101. The van der Waals surface area contributed by atoms with Crippen LogP contribution in [-0.4, -0.2) is 235 Å². The predicted octanol–water partition coefficient (Wildman–Crippen LogP) is -12.4. The van der Waals surface area contributed by atoms with E-state index < -0.39 is 96.0 Å². The second-order valence-corrected chi connectivity index (χ2v) is 8.87. The van der Waals surface area contributed by atoms with Crippen LogP contribution in [0.25, 0.3) is 0 Å². The van der Waals surface area contributed by atoms with Gasteiger partial charge in [0.05, 0.1) is 0 Å². The molecule has 0 bridgehead atoms. The normalized spacial score (nSPS) is 9.65. The first-order chi connectivity index (χ1) is 15.5. The van der Waals surface area contributed by atoms with Crippen molar-refractivity contribution in [1.29, 1.82) is 0 Å². The van der Waals surface area contributed by atoms with Crippen LogP contribution in [0.15, 0.2) is 4.81 Å². The molecule has 0 aliphatic heterocycles. The van der Waals surface area contributed by atoms with Gasteiger partial charge in [0.1, 0.15) is 0 Å². The van der Waals surface area contributed by atoms with Gasteiger partial charge in [0.25, 0.3) is 0 Å². The van der Waals surface area contributed by atoms with Crippen molar-refractivity contribution in [1.82, 2.24) is 0 Å². The Bertz CT molecular complexity index is 507. The molecule has 0 aromatic rings. The van der Waals surface area contributed by atoms with Crippen molar-refractivity contribution >= 4 is 235 Å². The Hall–Kier alpha value is 1.94. The molecule has 34 radical (unpaired) electrons. The molecule has 0 saturated heterocycles. The Kier molecular flexibility index (Phi) is 17.8. The SMILES string of the molecule is [B]B([B])B([B])B(B([B])[B])B(N=BB(B(B([B])[B])B([B])[B])B(B([B])[B])B([B])[B])B(B([B])[B])B([B])[B]. The van der Waals surface area contributed by atoms with Crippen molar-refractivity contribution in [3.63, 3.8) is 0 Å². The van der Waals surface area contributed by atoms with Crippen LogP contribution >= 0.6 is 0 Å². The standard InChI is InChI=1S/B33N/c1-19(2)27(17)32(26(15)16)33(31(24(11)12)25(13)14)34-18-28(29(20(3)4)21(5)6)30(22(7)8)23(9)10. The quantitative estimate of drug-likeness (QED) is 0.254. The fourth-order valence-electron chi connectivity index (χ4n) is 4.33. The van der Waals surface area contributed by atoms with Crippen molar-refractivity contribution in [3.05, 3.63) is 0 Å². The molecule has 0 aliphatic carbocycles. The molecule has 0 aromatic heterocycles. The molecule has 0 aromatic carbocycles. The summed E-state index contributed by atoms with van der Waals surface area (Å²) < 4.78 is 0. The van der Waals surface area contributed by atoms with Crippen LogP contribution in [-0.2, 0) is 0 Å². The van der Waals surface area contributed by atoms with Gasteiger partial charge in [0, 0.05) is 0 Å². The Morgan fingerprint density at radius 2 is 0.647 bits per heavy atom. The van der Waals surface area contributed by atoms with E-state index in [1.54, 1.807) is 0 Å². The van der Waals surface area contributed by atoms with E-state index in [1.807, 2.05) is 0 Å². The maximum absolute atomic E-state index is 6.21. The molecule has 0 atom stereocenters. The van der Waals surface area contributed by atoms with E-state index in [1.165, 1.54) is 6.96 Å². The number of hydrogen-bond donors (Lipinski definition) is 0. The van der Waals surface area contributed by atoms with Crippen LogP contribution in [0.2, 0.25) is 0 Å². The van der Waals surface area contributed by atoms with Crippen LogP contribution in [0, 0.1) is 0 Å². The molecular formula is B33N. The summed E-state index contributed by atoms with van der Waals surface area (Å²) in [5.41, 5.74) is 0. The first kappa shape index (κ1) is 35.9. The van der Waals surface area contributed by atoms with E-state index in [4.69, 9.17) is 132 Å². The summed E-state index contributed by atoms with van der Waals surface area (Å²) in [5, 5.41) is 0. The van der Waals surface area contributed by atoms with Crippen LogP contribution in [0.1, 0.15) is 0 Å². The molecule has 0 rings (SSSR count). The second-order valence-electron chi connectivity index (χ2n) is 8.87. The molecule has 0 spiro atoms. The second kappa shape index (κ2) is 16.8. The van der Waals surface area contributed by atoms with Gasteiger partial charge in [-0.2, -0.15) is 0 Å². The monoisotopic (exact) mass is 377 g/mol.